The molecule has 1 fully saturated rings. The lowest BCUT2D eigenvalue weighted by atomic mass is 10.1. The summed E-state index contributed by atoms with van der Waals surface area (Å²) in [5, 5.41) is 2.63. The van der Waals surface area contributed by atoms with Gasteiger partial charge in [-0.25, -0.2) is 9.18 Å². The molecule has 1 aromatic heterocycles. The number of ether oxygens (including phenoxy) is 1. The minimum Gasteiger partial charge on any atom is -0.465 e. The molecule has 0 saturated carbocycles. The number of anilines is 2. The van der Waals surface area contributed by atoms with Crippen LogP contribution in [0.25, 0.3) is 0 Å². The van der Waals surface area contributed by atoms with Crippen LogP contribution in [-0.2, 0) is 16.0 Å². The molecule has 0 atom stereocenters. The second-order valence-electron chi connectivity index (χ2n) is 7.08. The molecule has 7 nitrogen and oxygen atoms in total. The van der Waals surface area contributed by atoms with Crippen molar-refractivity contribution < 1.29 is 23.5 Å². The lowest BCUT2D eigenvalue weighted by Crippen LogP contribution is -2.23. The smallest absolute Gasteiger partial charge is 0.339 e. The number of halogens is 1. The van der Waals surface area contributed by atoms with E-state index in [1.165, 1.54) is 20.1 Å². The molecule has 1 saturated heterocycles. The highest BCUT2D eigenvalue weighted by atomic mass is 19.1. The first-order valence-electron chi connectivity index (χ1n) is 9.47. The minimum atomic E-state index is -0.641. The van der Waals surface area contributed by atoms with Crippen LogP contribution in [0.3, 0.4) is 0 Å². The minimum absolute atomic E-state index is 0.120. The maximum absolute atomic E-state index is 14.5. The fourth-order valence-corrected chi connectivity index (χ4v) is 3.72. The number of hydrogen-bond donors (Lipinski definition) is 2. The molecule has 0 radical (unpaired) electrons. The Bertz CT molecular complexity index is 961. The summed E-state index contributed by atoms with van der Waals surface area (Å²) in [5.74, 6) is -1.93. The number of H-pyrrole nitrogens is 1. The fraction of sp³-hybridized carbons (Fsp3) is 0.381. The highest BCUT2D eigenvalue weighted by Gasteiger charge is 2.25. The average Bonchev–Trinajstić information content (AvgIpc) is 3.31. The van der Waals surface area contributed by atoms with E-state index >= 15 is 0 Å². The summed E-state index contributed by atoms with van der Waals surface area (Å²) in [7, 11) is 1.23. The van der Waals surface area contributed by atoms with E-state index in [2.05, 4.69) is 10.3 Å². The number of Topliss-reactive ketones (excluding diaryl/α,β-unsaturated/α-hetero) is 1. The van der Waals surface area contributed by atoms with Crippen LogP contribution in [0, 0.1) is 12.7 Å². The standard InChI is InChI=1S/C21H24FN3O4/c1-12-18(21(28)29-3)15(23-19(12)13(2)26)11-17(27)24-20-14(22)7-6-8-16(20)25-9-4-5-10-25/h6-8,23H,4-5,9-11H2,1-3H3,(H,24,27). The Kier molecular flexibility index (Phi) is 6.00. The van der Waals surface area contributed by atoms with E-state index in [9.17, 15) is 18.8 Å². The van der Waals surface area contributed by atoms with Crippen LogP contribution < -0.4 is 10.2 Å². The summed E-state index contributed by atoms with van der Waals surface area (Å²) in [5.41, 5.74) is 1.84. The van der Waals surface area contributed by atoms with Gasteiger partial charge in [0.2, 0.25) is 5.91 Å². The van der Waals surface area contributed by atoms with Crippen LogP contribution in [0.15, 0.2) is 18.2 Å². The van der Waals surface area contributed by atoms with Gasteiger partial charge < -0.3 is 19.9 Å². The number of carbonyl (C=O) groups is 3. The first kappa shape index (κ1) is 20.6. The van der Waals surface area contributed by atoms with Gasteiger partial charge in [-0.2, -0.15) is 0 Å². The normalized spacial score (nSPS) is 13.4. The Hall–Kier alpha value is -3.16. The highest BCUT2D eigenvalue weighted by molar-refractivity contribution is 6.02. The van der Waals surface area contributed by atoms with Crippen LogP contribution in [0.2, 0.25) is 0 Å². The van der Waals surface area contributed by atoms with Crippen LogP contribution in [-0.4, -0.2) is 42.8 Å². The zero-order valence-corrected chi connectivity index (χ0v) is 16.7. The van der Waals surface area contributed by atoms with Gasteiger partial charge in [0.25, 0.3) is 0 Å². The van der Waals surface area contributed by atoms with Crippen molar-refractivity contribution in [1.82, 2.24) is 4.98 Å². The third-order valence-corrected chi connectivity index (χ3v) is 5.11. The van der Waals surface area contributed by atoms with Crippen molar-refractivity contribution >= 4 is 29.0 Å². The lowest BCUT2D eigenvalue weighted by Gasteiger charge is -2.22. The molecule has 1 aromatic carbocycles. The molecule has 154 valence electrons. The number of amides is 1. The van der Waals surface area contributed by atoms with Gasteiger partial charge in [0.05, 0.1) is 30.5 Å². The highest BCUT2D eigenvalue weighted by Crippen LogP contribution is 2.31. The Labute approximate surface area is 168 Å². The van der Waals surface area contributed by atoms with E-state index in [1.807, 2.05) is 4.90 Å². The summed E-state index contributed by atoms with van der Waals surface area (Å²) >= 11 is 0. The van der Waals surface area contributed by atoms with Crippen molar-refractivity contribution in [2.45, 2.75) is 33.1 Å². The van der Waals surface area contributed by atoms with Gasteiger partial charge in [-0.1, -0.05) is 6.07 Å². The van der Waals surface area contributed by atoms with Crippen LogP contribution in [0.1, 0.15) is 51.9 Å². The van der Waals surface area contributed by atoms with E-state index < -0.39 is 17.7 Å². The SMILES string of the molecule is COC(=O)c1c(CC(=O)Nc2c(F)cccc2N2CCCC2)[nH]c(C(C)=O)c1C. The molecule has 1 aliphatic heterocycles. The number of nitrogens with zero attached hydrogens (tertiary/aromatic N) is 1. The number of carbonyl (C=O) groups excluding carboxylic acids is 3. The molecule has 1 aliphatic rings. The van der Waals surface area contributed by atoms with Gasteiger partial charge in [-0.15, -0.1) is 0 Å². The number of benzene rings is 1. The average molecular weight is 401 g/mol. The summed E-state index contributed by atoms with van der Waals surface area (Å²) in [4.78, 5) is 41.6. The van der Waals surface area contributed by atoms with E-state index in [1.54, 1.807) is 19.1 Å². The number of ketones is 1. The molecule has 29 heavy (non-hydrogen) atoms. The Balaban J connectivity index is 1.88. The van der Waals surface area contributed by atoms with Crippen molar-refractivity contribution in [2.24, 2.45) is 0 Å². The van der Waals surface area contributed by atoms with Crippen molar-refractivity contribution in [3.05, 3.63) is 46.5 Å². The van der Waals surface area contributed by atoms with E-state index in [4.69, 9.17) is 4.74 Å². The maximum atomic E-state index is 14.5. The molecule has 8 heteroatoms. The molecule has 1 amide bonds. The molecule has 0 unspecified atom stereocenters. The number of nitrogens with one attached hydrogen (secondary N) is 2. The van der Waals surface area contributed by atoms with E-state index in [0.717, 1.165) is 25.9 Å². The third kappa shape index (κ3) is 4.16. The fourth-order valence-electron chi connectivity index (χ4n) is 3.72. The second kappa shape index (κ2) is 8.46. The topological polar surface area (TPSA) is 91.5 Å². The largest absolute Gasteiger partial charge is 0.465 e. The monoisotopic (exact) mass is 401 g/mol. The molecule has 2 N–H and O–H groups in total. The van der Waals surface area contributed by atoms with Crippen molar-refractivity contribution in [2.75, 3.05) is 30.4 Å². The van der Waals surface area contributed by atoms with Gasteiger partial charge >= 0.3 is 5.97 Å². The number of methoxy groups -OCH3 is 1. The third-order valence-electron chi connectivity index (χ3n) is 5.11. The van der Waals surface area contributed by atoms with Gasteiger partial charge in [0.15, 0.2) is 5.78 Å². The van der Waals surface area contributed by atoms with Crippen LogP contribution >= 0.6 is 0 Å². The zero-order valence-electron chi connectivity index (χ0n) is 16.7. The summed E-state index contributed by atoms with van der Waals surface area (Å²) in [6, 6.07) is 4.68. The summed E-state index contributed by atoms with van der Waals surface area (Å²) in [6.07, 6.45) is 1.80. The Morgan fingerprint density at radius 3 is 2.55 bits per heavy atom. The molecule has 0 spiro atoms. The van der Waals surface area contributed by atoms with Crippen molar-refractivity contribution in [3.63, 3.8) is 0 Å². The second-order valence-corrected chi connectivity index (χ2v) is 7.08. The van der Waals surface area contributed by atoms with Crippen LogP contribution in [0.5, 0.6) is 0 Å². The Morgan fingerprint density at radius 1 is 1.24 bits per heavy atom. The maximum Gasteiger partial charge on any atom is 0.339 e. The molecular formula is C21H24FN3O4. The molecule has 2 heterocycles. The molecule has 3 rings (SSSR count). The first-order chi connectivity index (χ1) is 13.8. The lowest BCUT2D eigenvalue weighted by molar-refractivity contribution is -0.115. The predicted octanol–water partition coefficient (Wildman–Crippen LogP) is 3.23. The van der Waals surface area contributed by atoms with Crippen LogP contribution in [0.4, 0.5) is 15.8 Å². The number of aromatic amines is 1. The molecular weight excluding hydrogens is 377 g/mol. The van der Waals surface area contributed by atoms with Gasteiger partial charge in [0, 0.05) is 25.7 Å². The van der Waals surface area contributed by atoms with Gasteiger partial charge in [0.1, 0.15) is 11.5 Å². The quantitative estimate of drug-likeness (QED) is 0.573. The number of para-hydroxylation sites is 1. The van der Waals surface area contributed by atoms with Crippen molar-refractivity contribution in [1.29, 1.82) is 0 Å². The Morgan fingerprint density at radius 2 is 1.93 bits per heavy atom. The van der Waals surface area contributed by atoms with Gasteiger partial charge in [-0.3, -0.25) is 9.59 Å². The molecule has 0 aliphatic carbocycles. The summed E-state index contributed by atoms with van der Waals surface area (Å²) < 4.78 is 19.3. The predicted molar refractivity (Wildman–Crippen MR) is 107 cm³/mol. The van der Waals surface area contributed by atoms with E-state index in [0.29, 0.717) is 11.3 Å². The molecule has 0 bridgehead atoms. The molecule has 2 aromatic rings. The van der Waals surface area contributed by atoms with E-state index in [-0.39, 0.29) is 34.8 Å². The first-order valence-corrected chi connectivity index (χ1v) is 9.47. The van der Waals surface area contributed by atoms with Crippen molar-refractivity contribution in [3.8, 4) is 0 Å². The number of hydrogen-bond acceptors (Lipinski definition) is 5. The zero-order chi connectivity index (χ0) is 21.1. The number of aromatic nitrogens is 1. The number of rotatable bonds is 6. The number of esters is 1. The summed E-state index contributed by atoms with van der Waals surface area (Å²) in [6.45, 7) is 4.59. The van der Waals surface area contributed by atoms with Gasteiger partial charge in [-0.05, 0) is 37.5 Å².